The van der Waals surface area contributed by atoms with Crippen LogP contribution in [-0.4, -0.2) is 35.4 Å². The summed E-state index contributed by atoms with van der Waals surface area (Å²) in [6, 6.07) is 7.42. The third-order valence-corrected chi connectivity index (χ3v) is 5.62. The molecule has 0 bridgehead atoms. The highest BCUT2D eigenvalue weighted by molar-refractivity contribution is 7.22. The highest BCUT2D eigenvalue weighted by Gasteiger charge is 2.20. The molecule has 0 fully saturated rings. The molecule has 0 aliphatic rings. The van der Waals surface area contributed by atoms with Crippen molar-refractivity contribution in [2.45, 2.75) is 13.5 Å². The SMILES string of the molecule is Cc1nc(-c2cccs2)sc1C(=O)OCC(=O)N(C)Cc1ccco1. The van der Waals surface area contributed by atoms with E-state index in [0.717, 1.165) is 9.88 Å². The molecule has 0 aliphatic heterocycles. The van der Waals surface area contributed by atoms with Crippen LogP contribution in [0.2, 0.25) is 0 Å². The number of hydrogen-bond acceptors (Lipinski definition) is 7. The number of hydrogen-bond donors (Lipinski definition) is 0. The van der Waals surface area contributed by atoms with Gasteiger partial charge < -0.3 is 14.1 Å². The molecule has 0 atom stereocenters. The monoisotopic (exact) mass is 376 g/mol. The van der Waals surface area contributed by atoms with Crippen LogP contribution in [-0.2, 0) is 16.1 Å². The Morgan fingerprint density at radius 3 is 2.84 bits per heavy atom. The summed E-state index contributed by atoms with van der Waals surface area (Å²) in [5.41, 5.74) is 0.606. The lowest BCUT2D eigenvalue weighted by Crippen LogP contribution is -2.30. The first kappa shape index (κ1) is 17.4. The van der Waals surface area contributed by atoms with Gasteiger partial charge in [-0.3, -0.25) is 4.79 Å². The summed E-state index contributed by atoms with van der Waals surface area (Å²) in [5, 5.41) is 2.73. The summed E-state index contributed by atoms with van der Waals surface area (Å²) in [6.07, 6.45) is 1.55. The van der Waals surface area contributed by atoms with Crippen LogP contribution in [0.15, 0.2) is 40.3 Å². The van der Waals surface area contributed by atoms with Gasteiger partial charge in [0.1, 0.15) is 15.6 Å². The number of amides is 1. The largest absolute Gasteiger partial charge is 0.467 e. The van der Waals surface area contributed by atoms with Crippen LogP contribution < -0.4 is 0 Å². The zero-order valence-corrected chi connectivity index (χ0v) is 15.4. The highest BCUT2D eigenvalue weighted by atomic mass is 32.1. The maximum atomic E-state index is 12.3. The van der Waals surface area contributed by atoms with E-state index in [1.165, 1.54) is 16.2 Å². The van der Waals surface area contributed by atoms with Gasteiger partial charge in [0.25, 0.3) is 5.91 Å². The minimum atomic E-state index is -0.530. The van der Waals surface area contributed by atoms with Gasteiger partial charge in [-0.05, 0) is 30.5 Å². The quantitative estimate of drug-likeness (QED) is 0.615. The topological polar surface area (TPSA) is 72.6 Å². The van der Waals surface area contributed by atoms with Gasteiger partial charge in [0.15, 0.2) is 6.61 Å². The molecule has 0 unspecified atom stereocenters. The van der Waals surface area contributed by atoms with E-state index in [1.54, 1.807) is 43.7 Å². The zero-order valence-electron chi connectivity index (χ0n) is 13.7. The number of esters is 1. The summed E-state index contributed by atoms with van der Waals surface area (Å²) >= 11 is 2.83. The first-order valence-corrected chi connectivity index (χ1v) is 9.19. The molecule has 8 heteroatoms. The van der Waals surface area contributed by atoms with Crippen molar-refractivity contribution in [2.24, 2.45) is 0 Å². The number of ether oxygens (including phenoxy) is 1. The predicted octanol–water partition coefficient (Wildman–Crippen LogP) is 3.59. The fourth-order valence-electron chi connectivity index (χ4n) is 2.12. The van der Waals surface area contributed by atoms with Gasteiger partial charge in [-0.15, -0.1) is 22.7 Å². The molecule has 0 spiro atoms. The molecule has 0 saturated heterocycles. The van der Waals surface area contributed by atoms with Gasteiger partial charge >= 0.3 is 5.97 Å². The number of likely N-dealkylation sites (N-methyl/N-ethyl adjacent to an activating group) is 1. The Labute approximate surface area is 152 Å². The lowest BCUT2D eigenvalue weighted by Gasteiger charge is -2.15. The fourth-order valence-corrected chi connectivity index (χ4v) is 3.88. The van der Waals surface area contributed by atoms with Crippen molar-refractivity contribution in [3.05, 3.63) is 52.2 Å². The van der Waals surface area contributed by atoms with Crippen LogP contribution in [0.4, 0.5) is 0 Å². The minimum Gasteiger partial charge on any atom is -0.467 e. The van der Waals surface area contributed by atoms with Gasteiger partial charge in [0.2, 0.25) is 0 Å². The number of thiazole rings is 1. The van der Waals surface area contributed by atoms with Crippen LogP contribution in [0.5, 0.6) is 0 Å². The van der Waals surface area contributed by atoms with Crippen molar-refractivity contribution >= 4 is 34.6 Å². The first-order chi connectivity index (χ1) is 12.0. The average molecular weight is 376 g/mol. The lowest BCUT2D eigenvalue weighted by atomic mass is 10.4. The molecule has 0 N–H and O–H groups in total. The van der Waals surface area contributed by atoms with E-state index in [0.29, 0.717) is 22.9 Å². The molecule has 0 aliphatic carbocycles. The summed E-state index contributed by atoms with van der Waals surface area (Å²) in [7, 11) is 1.63. The number of furan rings is 1. The average Bonchev–Trinajstić information content (AvgIpc) is 3.33. The highest BCUT2D eigenvalue weighted by Crippen LogP contribution is 2.31. The van der Waals surface area contributed by atoms with E-state index >= 15 is 0 Å². The Hall–Kier alpha value is -2.45. The van der Waals surface area contributed by atoms with Crippen LogP contribution in [0.1, 0.15) is 21.1 Å². The van der Waals surface area contributed by atoms with Gasteiger partial charge in [-0.2, -0.15) is 0 Å². The Morgan fingerprint density at radius 1 is 1.32 bits per heavy atom. The van der Waals surface area contributed by atoms with Crippen LogP contribution >= 0.6 is 22.7 Å². The number of aryl methyl sites for hydroxylation is 1. The third-order valence-electron chi connectivity index (χ3n) is 3.44. The number of carbonyl (C=O) groups excluding carboxylic acids is 2. The molecule has 3 rings (SSSR count). The Balaban J connectivity index is 1.58. The fraction of sp³-hybridized carbons (Fsp3) is 0.235. The summed E-state index contributed by atoms with van der Waals surface area (Å²) in [6.45, 7) is 1.77. The number of nitrogens with zero attached hydrogens (tertiary/aromatic N) is 2. The van der Waals surface area contributed by atoms with Crippen molar-refractivity contribution in [1.29, 1.82) is 0 Å². The van der Waals surface area contributed by atoms with Crippen molar-refractivity contribution in [2.75, 3.05) is 13.7 Å². The van der Waals surface area contributed by atoms with Gasteiger partial charge in [0, 0.05) is 7.05 Å². The molecular weight excluding hydrogens is 360 g/mol. The molecule has 3 aromatic heterocycles. The molecule has 0 radical (unpaired) electrons. The molecule has 25 heavy (non-hydrogen) atoms. The van der Waals surface area contributed by atoms with Crippen LogP contribution in [0.3, 0.4) is 0 Å². The lowest BCUT2D eigenvalue weighted by molar-refractivity contribution is -0.133. The van der Waals surface area contributed by atoms with E-state index in [1.807, 2.05) is 17.5 Å². The van der Waals surface area contributed by atoms with Crippen molar-refractivity contribution in [3.63, 3.8) is 0 Å². The second-order valence-corrected chi connectivity index (χ2v) is 7.26. The van der Waals surface area contributed by atoms with Gasteiger partial charge in [0.05, 0.1) is 23.4 Å². The summed E-state index contributed by atoms with van der Waals surface area (Å²) < 4.78 is 10.4. The normalized spacial score (nSPS) is 10.6. The second-order valence-electron chi connectivity index (χ2n) is 5.32. The Morgan fingerprint density at radius 2 is 2.16 bits per heavy atom. The van der Waals surface area contributed by atoms with E-state index in [2.05, 4.69) is 4.98 Å². The molecule has 0 aromatic carbocycles. The number of rotatable bonds is 6. The molecular formula is C17H16N2O4S2. The van der Waals surface area contributed by atoms with Gasteiger partial charge in [-0.1, -0.05) is 6.07 Å². The maximum absolute atomic E-state index is 12.3. The molecule has 1 amide bonds. The molecule has 130 valence electrons. The van der Waals surface area contributed by atoms with Crippen molar-refractivity contribution < 1.29 is 18.7 Å². The molecule has 6 nitrogen and oxygen atoms in total. The number of thiophene rings is 1. The molecule has 0 saturated carbocycles. The predicted molar refractivity (Wildman–Crippen MR) is 95.6 cm³/mol. The minimum absolute atomic E-state index is 0.301. The van der Waals surface area contributed by atoms with E-state index < -0.39 is 5.97 Å². The summed E-state index contributed by atoms with van der Waals surface area (Å²) in [5.74, 6) is -0.163. The molecule has 3 aromatic rings. The summed E-state index contributed by atoms with van der Waals surface area (Å²) in [4.78, 5) is 31.6. The maximum Gasteiger partial charge on any atom is 0.350 e. The van der Waals surface area contributed by atoms with Crippen LogP contribution in [0.25, 0.3) is 9.88 Å². The second kappa shape index (κ2) is 7.62. The van der Waals surface area contributed by atoms with Gasteiger partial charge in [-0.25, -0.2) is 9.78 Å². The van der Waals surface area contributed by atoms with Crippen LogP contribution in [0, 0.1) is 6.92 Å². The Kier molecular flexibility index (Phi) is 5.30. The van der Waals surface area contributed by atoms with E-state index in [4.69, 9.17) is 9.15 Å². The smallest absolute Gasteiger partial charge is 0.350 e. The van der Waals surface area contributed by atoms with Crippen molar-refractivity contribution in [3.8, 4) is 9.88 Å². The van der Waals surface area contributed by atoms with E-state index in [9.17, 15) is 9.59 Å². The first-order valence-electron chi connectivity index (χ1n) is 7.49. The number of aromatic nitrogens is 1. The Bertz CT molecular complexity index is 853. The number of carbonyl (C=O) groups is 2. The third kappa shape index (κ3) is 4.15. The standard InChI is InChI=1S/C17H16N2O4S2/c1-11-15(25-16(18-11)13-6-4-8-24-13)17(21)23-10-14(20)19(2)9-12-5-3-7-22-12/h3-8H,9-10H2,1-2H3. The van der Waals surface area contributed by atoms with E-state index in [-0.39, 0.29) is 12.5 Å². The zero-order chi connectivity index (χ0) is 17.8. The van der Waals surface area contributed by atoms with Crippen molar-refractivity contribution in [1.82, 2.24) is 9.88 Å². The molecule has 3 heterocycles.